The maximum absolute atomic E-state index is 13.4. The Labute approximate surface area is 286 Å². The third kappa shape index (κ3) is 8.64. The summed E-state index contributed by atoms with van der Waals surface area (Å²) < 4.78 is 4.74. The SMILES string of the molecule is CCCN(Cc1nc2ccc(-c3ccc(CCc4cnc([C@@H]5CCCN5C(=O)C(NC(=O)OC)C(C)C)[nH]4)cc3)cc2[nH]1)C(=O)CNC=O. The van der Waals surface area contributed by atoms with E-state index in [0.29, 0.717) is 31.9 Å². The van der Waals surface area contributed by atoms with Gasteiger partial charge in [0.05, 0.1) is 37.3 Å². The Morgan fingerprint density at radius 2 is 1.88 bits per heavy atom. The molecule has 0 bridgehead atoms. The largest absolute Gasteiger partial charge is 0.453 e. The number of methoxy groups -OCH3 is 1. The van der Waals surface area contributed by atoms with Gasteiger partial charge in [0.25, 0.3) is 0 Å². The minimum atomic E-state index is -0.665. The summed E-state index contributed by atoms with van der Waals surface area (Å²) in [5.41, 5.74) is 6.06. The van der Waals surface area contributed by atoms with Crippen molar-refractivity contribution in [3.8, 4) is 11.1 Å². The van der Waals surface area contributed by atoms with Crippen LogP contribution < -0.4 is 10.6 Å². The fourth-order valence-electron chi connectivity index (χ4n) is 6.31. The van der Waals surface area contributed by atoms with Gasteiger partial charge in [0.1, 0.15) is 17.7 Å². The molecule has 0 aliphatic carbocycles. The minimum Gasteiger partial charge on any atom is -0.453 e. The second kappa shape index (κ2) is 16.3. The van der Waals surface area contributed by atoms with E-state index in [1.807, 2.05) is 44.0 Å². The van der Waals surface area contributed by atoms with Crippen molar-refractivity contribution in [3.63, 3.8) is 0 Å². The van der Waals surface area contributed by atoms with E-state index < -0.39 is 12.1 Å². The Hall–Kier alpha value is -5.20. The second-order valence-corrected chi connectivity index (χ2v) is 12.8. The molecule has 4 amide bonds. The normalized spacial score (nSPS) is 15.0. The molecule has 13 heteroatoms. The summed E-state index contributed by atoms with van der Waals surface area (Å²) in [5.74, 6) is 1.11. The molecule has 1 fully saturated rings. The van der Waals surface area contributed by atoms with Gasteiger partial charge in [0, 0.05) is 25.0 Å². The molecule has 260 valence electrons. The summed E-state index contributed by atoms with van der Waals surface area (Å²) in [4.78, 5) is 68.1. The summed E-state index contributed by atoms with van der Waals surface area (Å²) in [5, 5.41) is 5.13. The van der Waals surface area contributed by atoms with Crippen molar-refractivity contribution in [1.29, 1.82) is 0 Å². The maximum Gasteiger partial charge on any atom is 0.407 e. The van der Waals surface area contributed by atoms with E-state index >= 15 is 0 Å². The average Bonchev–Trinajstić information content (AvgIpc) is 3.87. The van der Waals surface area contributed by atoms with Gasteiger partial charge in [0.15, 0.2) is 0 Å². The number of benzene rings is 2. The number of fused-ring (bicyclic) bond motifs is 1. The zero-order chi connectivity index (χ0) is 34.9. The van der Waals surface area contributed by atoms with E-state index in [9.17, 15) is 19.2 Å². The number of carbonyl (C=O) groups excluding carboxylic acids is 4. The van der Waals surface area contributed by atoms with E-state index in [1.165, 1.54) is 12.7 Å². The van der Waals surface area contributed by atoms with Crippen molar-refractivity contribution in [2.75, 3.05) is 26.7 Å². The highest BCUT2D eigenvalue weighted by molar-refractivity contribution is 5.86. The van der Waals surface area contributed by atoms with Crippen molar-refractivity contribution in [3.05, 3.63) is 71.6 Å². The van der Waals surface area contributed by atoms with Crippen LogP contribution in [0.25, 0.3) is 22.2 Å². The summed E-state index contributed by atoms with van der Waals surface area (Å²) in [6.45, 7) is 7.31. The predicted molar refractivity (Wildman–Crippen MR) is 185 cm³/mol. The molecule has 0 saturated carbocycles. The molecule has 5 rings (SSSR count). The summed E-state index contributed by atoms with van der Waals surface area (Å²) in [6, 6.07) is 13.8. The number of rotatable bonds is 15. The first-order valence-corrected chi connectivity index (χ1v) is 16.9. The third-order valence-corrected chi connectivity index (χ3v) is 8.92. The molecule has 2 atom stereocenters. The minimum absolute atomic E-state index is 0.0357. The quantitative estimate of drug-likeness (QED) is 0.137. The Morgan fingerprint density at radius 3 is 2.59 bits per heavy atom. The number of carbonyl (C=O) groups is 4. The molecule has 0 spiro atoms. The molecule has 1 aliphatic rings. The average molecular weight is 671 g/mol. The lowest BCUT2D eigenvalue weighted by atomic mass is 10.0. The topological polar surface area (TPSA) is 165 Å². The van der Waals surface area contributed by atoms with Gasteiger partial charge in [-0.2, -0.15) is 0 Å². The van der Waals surface area contributed by atoms with Gasteiger partial charge in [-0.3, -0.25) is 14.4 Å². The molecular formula is C36H46N8O5. The van der Waals surface area contributed by atoms with Crippen molar-refractivity contribution in [1.82, 2.24) is 40.4 Å². The lowest BCUT2D eigenvalue weighted by Crippen LogP contribution is -2.51. The highest BCUT2D eigenvalue weighted by atomic mass is 16.5. The lowest BCUT2D eigenvalue weighted by Gasteiger charge is -2.30. The number of aromatic nitrogens is 4. The van der Waals surface area contributed by atoms with Crippen molar-refractivity contribution < 1.29 is 23.9 Å². The van der Waals surface area contributed by atoms with Gasteiger partial charge < -0.3 is 35.1 Å². The Kier molecular flexibility index (Phi) is 11.7. The second-order valence-electron chi connectivity index (χ2n) is 12.8. The van der Waals surface area contributed by atoms with Crippen LogP contribution in [0.15, 0.2) is 48.7 Å². The zero-order valence-corrected chi connectivity index (χ0v) is 28.6. The number of imidazole rings is 2. The van der Waals surface area contributed by atoms with E-state index in [2.05, 4.69) is 60.9 Å². The van der Waals surface area contributed by atoms with E-state index in [0.717, 1.165) is 65.8 Å². The van der Waals surface area contributed by atoms with Crippen LogP contribution in [0.5, 0.6) is 0 Å². The molecule has 1 aliphatic heterocycles. The van der Waals surface area contributed by atoms with Crippen LogP contribution in [0.1, 0.15) is 69.0 Å². The van der Waals surface area contributed by atoms with E-state index in [-0.39, 0.29) is 30.3 Å². The highest BCUT2D eigenvalue weighted by Crippen LogP contribution is 2.32. The number of aromatic amines is 2. The molecule has 2 aromatic carbocycles. The number of likely N-dealkylation sites (tertiary alicyclic amines) is 1. The number of hydrogen-bond acceptors (Lipinski definition) is 7. The van der Waals surface area contributed by atoms with Crippen LogP contribution in [-0.2, 0) is 38.5 Å². The molecule has 3 heterocycles. The highest BCUT2D eigenvalue weighted by Gasteiger charge is 2.37. The van der Waals surface area contributed by atoms with Crippen LogP contribution in [0.2, 0.25) is 0 Å². The standard InChI is InChI=1S/C36H46N8O5/c1-5-16-43(32(46)20-37-22-45)21-31-40-28-15-13-26(18-29(28)41-31)25-11-8-24(9-12-25)10-14-27-19-38-34(39-27)30-7-6-17-44(30)35(47)33(23(2)3)42-36(48)49-4/h8-9,11-13,15,18-19,22-23,30,33H,5-7,10,14,16-17,20-21H2,1-4H3,(H,37,45)(H,38,39)(H,40,41)(H,42,48)/t30-,33?/m0/s1. The van der Waals surface area contributed by atoms with Gasteiger partial charge >= 0.3 is 6.09 Å². The summed E-state index contributed by atoms with van der Waals surface area (Å²) in [7, 11) is 1.29. The number of nitrogens with zero attached hydrogens (tertiary/aromatic N) is 4. The van der Waals surface area contributed by atoms with Gasteiger partial charge in [-0.1, -0.05) is 51.1 Å². The van der Waals surface area contributed by atoms with Crippen molar-refractivity contribution >= 4 is 35.4 Å². The Morgan fingerprint density at radius 1 is 1.10 bits per heavy atom. The van der Waals surface area contributed by atoms with Crippen LogP contribution in [-0.4, -0.2) is 86.8 Å². The predicted octanol–water partition coefficient (Wildman–Crippen LogP) is 4.27. The zero-order valence-electron chi connectivity index (χ0n) is 28.6. The number of hydrogen-bond donors (Lipinski definition) is 4. The monoisotopic (exact) mass is 670 g/mol. The molecule has 0 radical (unpaired) electrons. The van der Waals surface area contributed by atoms with Gasteiger partial charge in [-0.25, -0.2) is 14.8 Å². The molecular weight excluding hydrogens is 624 g/mol. The number of amides is 4. The number of aryl methyl sites for hydroxylation is 2. The Bertz CT molecular complexity index is 1750. The third-order valence-electron chi connectivity index (χ3n) is 8.92. The van der Waals surface area contributed by atoms with Gasteiger partial charge in [-0.05, 0) is 66.8 Å². The molecule has 4 N–H and O–H groups in total. The first kappa shape index (κ1) is 35.1. The molecule has 4 aromatic rings. The molecule has 13 nitrogen and oxygen atoms in total. The number of nitrogens with one attached hydrogen (secondary N) is 4. The fourth-order valence-corrected chi connectivity index (χ4v) is 6.31. The van der Waals surface area contributed by atoms with Crippen LogP contribution in [0.4, 0.5) is 4.79 Å². The van der Waals surface area contributed by atoms with E-state index in [4.69, 9.17) is 4.74 Å². The number of ether oxygens (including phenoxy) is 1. The van der Waals surface area contributed by atoms with Crippen LogP contribution >= 0.6 is 0 Å². The van der Waals surface area contributed by atoms with Crippen molar-refractivity contribution in [2.45, 2.75) is 71.5 Å². The first-order valence-electron chi connectivity index (χ1n) is 16.9. The van der Waals surface area contributed by atoms with Crippen molar-refractivity contribution in [2.24, 2.45) is 5.92 Å². The summed E-state index contributed by atoms with van der Waals surface area (Å²) in [6.07, 6.45) is 5.85. The van der Waals surface area contributed by atoms with Crippen LogP contribution in [0.3, 0.4) is 0 Å². The van der Waals surface area contributed by atoms with Gasteiger partial charge in [0.2, 0.25) is 18.2 Å². The number of H-pyrrole nitrogens is 2. The molecule has 1 saturated heterocycles. The summed E-state index contributed by atoms with van der Waals surface area (Å²) >= 11 is 0. The van der Waals surface area contributed by atoms with Crippen LogP contribution in [0, 0.1) is 5.92 Å². The van der Waals surface area contributed by atoms with Gasteiger partial charge in [-0.15, -0.1) is 0 Å². The fraction of sp³-hybridized carbons (Fsp3) is 0.444. The molecule has 49 heavy (non-hydrogen) atoms. The first-order chi connectivity index (χ1) is 23.7. The number of alkyl carbamates (subject to hydrolysis) is 1. The Balaban J connectivity index is 1.19. The smallest absolute Gasteiger partial charge is 0.407 e. The lowest BCUT2D eigenvalue weighted by molar-refractivity contribution is -0.135. The molecule has 2 aromatic heterocycles. The van der Waals surface area contributed by atoms with E-state index in [1.54, 1.807) is 4.90 Å². The molecule has 1 unspecified atom stereocenters. The maximum atomic E-state index is 13.4.